The SMILES string of the molecule is CSc1cc(C)ccc1CNC(=O)C1CC(O)CN1. The number of β-amino-alcohol motifs (C(OH)–C–C–N with tert-alkyl or cyclic N) is 1. The van der Waals surface area contributed by atoms with Gasteiger partial charge in [-0.3, -0.25) is 4.79 Å². The van der Waals surface area contributed by atoms with E-state index < -0.39 is 6.10 Å². The Morgan fingerprint density at radius 1 is 1.58 bits per heavy atom. The minimum Gasteiger partial charge on any atom is -0.392 e. The van der Waals surface area contributed by atoms with Gasteiger partial charge in [-0.25, -0.2) is 0 Å². The molecule has 0 bridgehead atoms. The maximum absolute atomic E-state index is 11.9. The summed E-state index contributed by atoms with van der Waals surface area (Å²) in [6.45, 7) is 3.09. The second kappa shape index (κ2) is 6.41. The standard InChI is InChI=1S/C14H20N2O2S/c1-9-3-4-10(13(5-9)19-2)7-16-14(18)12-6-11(17)8-15-12/h3-5,11-12,15,17H,6-8H2,1-2H3,(H,16,18). The van der Waals surface area contributed by atoms with E-state index in [0.29, 0.717) is 19.5 Å². The average molecular weight is 280 g/mol. The van der Waals surface area contributed by atoms with Crippen molar-refractivity contribution in [2.75, 3.05) is 12.8 Å². The van der Waals surface area contributed by atoms with Gasteiger partial charge in [-0.1, -0.05) is 12.1 Å². The van der Waals surface area contributed by atoms with Crippen LogP contribution in [0.5, 0.6) is 0 Å². The molecule has 3 N–H and O–H groups in total. The van der Waals surface area contributed by atoms with E-state index in [1.54, 1.807) is 11.8 Å². The van der Waals surface area contributed by atoms with Gasteiger partial charge in [0.05, 0.1) is 12.1 Å². The third kappa shape index (κ3) is 3.72. The van der Waals surface area contributed by atoms with Gasteiger partial charge in [-0.15, -0.1) is 11.8 Å². The van der Waals surface area contributed by atoms with Crippen LogP contribution in [0, 0.1) is 6.92 Å². The lowest BCUT2D eigenvalue weighted by Crippen LogP contribution is -2.40. The molecule has 2 atom stereocenters. The topological polar surface area (TPSA) is 61.4 Å². The Balaban J connectivity index is 1.93. The number of aliphatic hydroxyl groups excluding tert-OH is 1. The molecule has 4 nitrogen and oxygen atoms in total. The molecule has 1 amide bonds. The summed E-state index contributed by atoms with van der Waals surface area (Å²) in [5, 5.41) is 15.3. The summed E-state index contributed by atoms with van der Waals surface area (Å²) in [4.78, 5) is 13.1. The molecule has 0 radical (unpaired) electrons. The molecule has 1 aliphatic heterocycles. The van der Waals surface area contributed by atoms with Crippen molar-refractivity contribution in [3.05, 3.63) is 29.3 Å². The number of amides is 1. The van der Waals surface area contributed by atoms with Crippen LogP contribution in [0.1, 0.15) is 17.5 Å². The summed E-state index contributed by atoms with van der Waals surface area (Å²) in [5.41, 5.74) is 2.35. The first-order chi connectivity index (χ1) is 9.10. The molecule has 1 heterocycles. The highest BCUT2D eigenvalue weighted by molar-refractivity contribution is 7.98. The zero-order chi connectivity index (χ0) is 13.8. The Morgan fingerprint density at radius 3 is 3.00 bits per heavy atom. The van der Waals surface area contributed by atoms with Crippen LogP contribution >= 0.6 is 11.8 Å². The Hall–Kier alpha value is -1.04. The lowest BCUT2D eigenvalue weighted by Gasteiger charge is -2.13. The summed E-state index contributed by atoms with van der Waals surface area (Å²) in [7, 11) is 0. The second-order valence-corrected chi connectivity index (χ2v) is 5.73. The summed E-state index contributed by atoms with van der Waals surface area (Å²) in [6.07, 6.45) is 2.13. The summed E-state index contributed by atoms with van der Waals surface area (Å²) in [5.74, 6) is -0.0378. The largest absolute Gasteiger partial charge is 0.392 e. The van der Waals surface area contributed by atoms with Gasteiger partial charge in [0.15, 0.2) is 0 Å². The maximum Gasteiger partial charge on any atom is 0.237 e. The average Bonchev–Trinajstić information content (AvgIpc) is 2.83. The van der Waals surface area contributed by atoms with Crippen LogP contribution in [-0.2, 0) is 11.3 Å². The van der Waals surface area contributed by atoms with E-state index >= 15 is 0 Å². The van der Waals surface area contributed by atoms with Gasteiger partial charge in [-0.05, 0) is 36.8 Å². The lowest BCUT2D eigenvalue weighted by molar-refractivity contribution is -0.123. The van der Waals surface area contributed by atoms with E-state index in [1.807, 2.05) is 6.26 Å². The minimum atomic E-state index is -0.406. The van der Waals surface area contributed by atoms with Gasteiger partial charge in [0, 0.05) is 18.0 Å². The number of benzene rings is 1. The Bertz CT molecular complexity index is 465. The molecule has 1 fully saturated rings. The van der Waals surface area contributed by atoms with E-state index in [9.17, 15) is 9.90 Å². The molecule has 1 saturated heterocycles. The third-order valence-electron chi connectivity index (χ3n) is 3.32. The van der Waals surface area contributed by atoms with Crippen LogP contribution < -0.4 is 10.6 Å². The van der Waals surface area contributed by atoms with Crippen molar-refractivity contribution in [1.82, 2.24) is 10.6 Å². The van der Waals surface area contributed by atoms with Gasteiger partial charge in [0.2, 0.25) is 5.91 Å². The minimum absolute atomic E-state index is 0.0378. The van der Waals surface area contributed by atoms with Crippen LogP contribution in [0.25, 0.3) is 0 Å². The van der Waals surface area contributed by atoms with Crippen LogP contribution in [0.15, 0.2) is 23.1 Å². The number of carbonyl (C=O) groups is 1. The summed E-state index contributed by atoms with van der Waals surface area (Å²) >= 11 is 1.69. The zero-order valence-electron chi connectivity index (χ0n) is 11.3. The first-order valence-electron chi connectivity index (χ1n) is 6.43. The fourth-order valence-corrected chi connectivity index (χ4v) is 2.93. The lowest BCUT2D eigenvalue weighted by atomic mass is 10.1. The molecule has 0 aromatic heterocycles. The van der Waals surface area contributed by atoms with Gasteiger partial charge in [0.1, 0.15) is 0 Å². The molecule has 19 heavy (non-hydrogen) atoms. The molecular weight excluding hydrogens is 260 g/mol. The van der Waals surface area contributed by atoms with Crippen LogP contribution in [0.3, 0.4) is 0 Å². The van der Waals surface area contributed by atoms with Gasteiger partial charge in [0.25, 0.3) is 0 Å². The first-order valence-corrected chi connectivity index (χ1v) is 7.65. The zero-order valence-corrected chi connectivity index (χ0v) is 12.1. The van der Waals surface area contributed by atoms with Crippen molar-refractivity contribution in [3.8, 4) is 0 Å². The van der Waals surface area contributed by atoms with E-state index in [2.05, 4.69) is 35.8 Å². The molecule has 0 spiro atoms. The molecule has 1 aliphatic rings. The molecule has 1 aromatic carbocycles. The highest BCUT2D eigenvalue weighted by Crippen LogP contribution is 2.21. The van der Waals surface area contributed by atoms with Crippen molar-refractivity contribution in [1.29, 1.82) is 0 Å². The number of aryl methyl sites for hydroxylation is 1. The van der Waals surface area contributed by atoms with Crippen molar-refractivity contribution < 1.29 is 9.90 Å². The molecule has 104 valence electrons. The van der Waals surface area contributed by atoms with E-state index in [-0.39, 0.29) is 11.9 Å². The number of nitrogens with one attached hydrogen (secondary N) is 2. The summed E-state index contributed by atoms with van der Waals surface area (Å²) < 4.78 is 0. The number of hydrogen-bond donors (Lipinski definition) is 3. The van der Waals surface area contributed by atoms with Gasteiger partial charge in [-0.2, -0.15) is 0 Å². The van der Waals surface area contributed by atoms with Gasteiger partial charge < -0.3 is 15.7 Å². The second-order valence-electron chi connectivity index (χ2n) is 4.88. The monoisotopic (exact) mass is 280 g/mol. The maximum atomic E-state index is 11.9. The van der Waals surface area contributed by atoms with Crippen molar-refractivity contribution >= 4 is 17.7 Å². The van der Waals surface area contributed by atoms with Crippen LogP contribution in [-0.4, -0.2) is 36.0 Å². The predicted octanol–water partition coefficient (Wildman–Crippen LogP) is 1.06. The van der Waals surface area contributed by atoms with Crippen molar-refractivity contribution in [2.45, 2.75) is 36.9 Å². The van der Waals surface area contributed by atoms with Gasteiger partial charge >= 0.3 is 0 Å². The number of aliphatic hydroxyl groups is 1. The number of carbonyl (C=O) groups excluding carboxylic acids is 1. The first kappa shape index (κ1) is 14.4. The smallest absolute Gasteiger partial charge is 0.237 e. The Morgan fingerprint density at radius 2 is 2.37 bits per heavy atom. The third-order valence-corrected chi connectivity index (χ3v) is 4.14. The van der Waals surface area contributed by atoms with Crippen molar-refractivity contribution in [2.24, 2.45) is 0 Å². The highest BCUT2D eigenvalue weighted by Gasteiger charge is 2.27. The molecular formula is C14H20N2O2S. The Kier molecular flexibility index (Phi) is 4.85. The van der Waals surface area contributed by atoms with E-state index in [4.69, 9.17) is 0 Å². The highest BCUT2D eigenvalue weighted by atomic mass is 32.2. The molecule has 5 heteroatoms. The fraction of sp³-hybridized carbons (Fsp3) is 0.500. The number of hydrogen-bond acceptors (Lipinski definition) is 4. The molecule has 0 saturated carbocycles. The van der Waals surface area contributed by atoms with Crippen molar-refractivity contribution in [3.63, 3.8) is 0 Å². The molecule has 2 unspecified atom stereocenters. The quantitative estimate of drug-likeness (QED) is 0.722. The fourth-order valence-electron chi connectivity index (χ4n) is 2.22. The number of rotatable bonds is 4. The van der Waals surface area contributed by atoms with Crippen LogP contribution in [0.2, 0.25) is 0 Å². The molecule has 1 aromatic rings. The molecule has 2 rings (SSSR count). The van der Waals surface area contributed by atoms with E-state index in [1.165, 1.54) is 10.5 Å². The predicted molar refractivity (Wildman–Crippen MR) is 77.2 cm³/mol. The summed E-state index contributed by atoms with van der Waals surface area (Å²) in [6, 6.07) is 5.97. The molecule has 0 aliphatic carbocycles. The Labute approximate surface area is 118 Å². The normalized spacial score (nSPS) is 22.5. The van der Waals surface area contributed by atoms with Crippen LogP contribution in [0.4, 0.5) is 0 Å². The van der Waals surface area contributed by atoms with E-state index in [0.717, 1.165) is 5.56 Å². The number of thioether (sulfide) groups is 1.